The van der Waals surface area contributed by atoms with Crippen molar-refractivity contribution in [1.29, 1.82) is 0 Å². The SMILES string of the molecule is CC(C)[C@H](N=C=S)C(=O)OC(C)(C)C. The van der Waals surface area contributed by atoms with Crippen LogP contribution in [-0.2, 0) is 9.53 Å². The summed E-state index contributed by atoms with van der Waals surface area (Å²) in [6.07, 6.45) is 0. The van der Waals surface area contributed by atoms with Gasteiger partial charge in [-0.25, -0.2) is 9.79 Å². The Bertz CT molecular complexity index is 249. The van der Waals surface area contributed by atoms with E-state index >= 15 is 0 Å². The molecule has 0 amide bonds. The number of rotatable bonds is 3. The Labute approximate surface area is 90.6 Å². The molecule has 0 aliphatic carbocycles. The zero-order valence-electron chi connectivity index (χ0n) is 9.33. The highest BCUT2D eigenvalue weighted by Gasteiger charge is 2.26. The molecule has 0 bridgehead atoms. The van der Waals surface area contributed by atoms with Crippen LogP contribution in [0.15, 0.2) is 4.99 Å². The molecule has 4 heteroatoms. The maximum atomic E-state index is 11.6. The Kier molecular flexibility index (Phi) is 4.95. The van der Waals surface area contributed by atoms with E-state index in [-0.39, 0.29) is 11.9 Å². The normalized spacial score (nSPS) is 13.3. The molecule has 0 unspecified atom stereocenters. The van der Waals surface area contributed by atoms with Gasteiger partial charge in [0.15, 0.2) is 6.04 Å². The van der Waals surface area contributed by atoms with Crippen molar-refractivity contribution < 1.29 is 9.53 Å². The molecule has 3 nitrogen and oxygen atoms in total. The first-order chi connectivity index (χ1) is 6.28. The number of carbonyl (C=O) groups is 1. The van der Waals surface area contributed by atoms with Gasteiger partial charge in [-0.3, -0.25) is 0 Å². The highest BCUT2D eigenvalue weighted by Crippen LogP contribution is 2.14. The maximum Gasteiger partial charge on any atom is 0.332 e. The van der Waals surface area contributed by atoms with Crippen LogP contribution in [0.2, 0.25) is 0 Å². The van der Waals surface area contributed by atoms with E-state index in [9.17, 15) is 4.79 Å². The van der Waals surface area contributed by atoms with Crippen LogP contribution < -0.4 is 0 Å². The molecule has 0 spiro atoms. The monoisotopic (exact) mass is 215 g/mol. The molecule has 0 aromatic heterocycles. The molecule has 0 saturated carbocycles. The summed E-state index contributed by atoms with van der Waals surface area (Å²) in [5.41, 5.74) is -0.485. The highest BCUT2D eigenvalue weighted by molar-refractivity contribution is 7.78. The lowest BCUT2D eigenvalue weighted by atomic mass is 10.1. The van der Waals surface area contributed by atoms with E-state index in [1.54, 1.807) is 0 Å². The molecule has 0 saturated heterocycles. The minimum Gasteiger partial charge on any atom is -0.458 e. The van der Waals surface area contributed by atoms with Gasteiger partial charge in [-0.05, 0) is 38.9 Å². The molecule has 14 heavy (non-hydrogen) atoms. The van der Waals surface area contributed by atoms with Crippen molar-refractivity contribution in [2.24, 2.45) is 10.9 Å². The lowest BCUT2D eigenvalue weighted by Crippen LogP contribution is -2.33. The first-order valence-corrected chi connectivity index (χ1v) is 4.98. The van der Waals surface area contributed by atoms with Crippen molar-refractivity contribution in [3.8, 4) is 0 Å². The highest BCUT2D eigenvalue weighted by atomic mass is 32.1. The Balaban J connectivity index is 4.54. The fourth-order valence-corrected chi connectivity index (χ4v) is 1.01. The van der Waals surface area contributed by atoms with Crippen molar-refractivity contribution in [1.82, 2.24) is 0 Å². The predicted molar refractivity (Wildman–Crippen MR) is 59.5 cm³/mol. The number of hydrogen-bond acceptors (Lipinski definition) is 4. The van der Waals surface area contributed by atoms with Crippen LogP contribution in [0.4, 0.5) is 0 Å². The number of hydrogen-bond donors (Lipinski definition) is 0. The molecule has 1 atom stereocenters. The van der Waals surface area contributed by atoms with Crippen LogP contribution in [0, 0.1) is 5.92 Å². The number of isothiocyanates is 1. The summed E-state index contributed by atoms with van der Waals surface area (Å²) < 4.78 is 5.19. The number of esters is 1. The van der Waals surface area contributed by atoms with Gasteiger partial charge in [0.1, 0.15) is 5.60 Å². The van der Waals surface area contributed by atoms with E-state index in [1.165, 1.54) is 0 Å². The number of nitrogens with zero attached hydrogens (tertiary/aromatic N) is 1. The van der Waals surface area contributed by atoms with Crippen LogP contribution in [0.25, 0.3) is 0 Å². The van der Waals surface area contributed by atoms with Crippen molar-refractivity contribution in [3.63, 3.8) is 0 Å². The molecule has 0 aliphatic rings. The third-order valence-electron chi connectivity index (χ3n) is 1.47. The van der Waals surface area contributed by atoms with Crippen LogP contribution in [-0.4, -0.2) is 22.8 Å². The molecule has 0 fully saturated rings. The standard InChI is InChI=1S/C10H17NO2S/c1-7(2)8(11-6-14)9(12)13-10(3,4)5/h7-8H,1-5H3/t8-/m0/s1. The van der Waals surface area contributed by atoms with E-state index in [4.69, 9.17) is 4.74 Å². The minimum absolute atomic E-state index is 0.0697. The topological polar surface area (TPSA) is 38.7 Å². The molecule has 0 aliphatic heterocycles. The largest absolute Gasteiger partial charge is 0.458 e. The zero-order valence-corrected chi connectivity index (χ0v) is 10.1. The third-order valence-corrected chi connectivity index (χ3v) is 1.58. The summed E-state index contributed by atoms with van der Waals surface area (Å²) in [5.74, 6) is -0.273. The lowest BCUT2D eigenvalue weighted by molar-refractivity contribution is -0.157. The van der Waals surface area contributed by atoms with Gasteiger partial charge >= 0.3 is 5.97 Å². The second kappa shape index (κ2) is 5.23. The van der Waals surface area contributed by atoms with Crippen LogP contribution in [0.1, 0.15) is 34.6 Å². The van der Waals surface area contributed by atoms with Crippen LogP contribution >= 0.6 is 12.2 Å². The van der Waals surface area contributed by atoms with Gasteiger partial charge in [0, 0.05) is 0 Å². The summed E-state index contributed by atoms with van der Waals surface area (Å²) in [4.78, 5) is 15.4. The van der Waals surface area contributed by atoms with Crippen molar-refractivity contribution in [2.75, 3.05) is 0 Å². The molecule has 80 valence electrons. The Hall–Kier alpha value is -0.730. The lowest BCUT2D eigenvalue weighted by Gasteiger charge is -2.23. The van der Waals surface area contributed by atoms with Crippen molar-refractivity contribution in [2.45, 2.75) is 46.3 Å². The van der Waals surface area contributed by atoms with E-state index in [2.05, 4.69) is 22.4 Å². The number of carbonyl (C=O) groups excluding carboxylic acids is 1. The van der Waals surface area contributed by atoms with Gasteiger partial charge in [-0.15, -0.1) is 0 Å². The van der Waals surface area contributed by atoms with Crippen LogP contribution in [0.3, 0.4) is 0 Å². The van der Waals surface area contributed by atoms with E-state index in [1.807, 2.05) is 34.6 Å². The second-order valence-corrected chi connectivity index (χ2v) is 4.63. The van der Waals surface area contributed by atoms with Gasteiger partial charge < -0.3 is 4.74 Å². The molecule has 0 N–H and O–H groups in total. The Morgan fingerprint density at radius 2 is 1.93 bits per heavy atom. The van der Waals surface area contributed by atoms with Crippen molar-refractivity contribution in [3.05, 3.63) is 0 Å². The molecular weight excluding hydrogens is 198 g/mol. The Morgan fingerprint density at radius 3 is 2.21 bits per heavy atom. The average Bonchev–Trinajstić information content (AvgIpc) is 1.95. The van der Waals surface area contributed by atoms with Gasteiger partial charge in [-0.1, -0.05) is 13.8 Å². The smallest absolute Gasteiger partial charge is 0.332 e. The average molecular weight is 215 g/mol. The molecular formula is C10H17NO2S. The maximum absolute atomic E-state index is 11.6. The summed E-state index contributed by atoms with van der Waals surface area (Å²) in [7, 11) is 0. The van der Waals surface area contributed by atoms with Crippen LogP contribution in [0.5, 0.6) is 0 Å². The zero-order chi connectivity index (χ0) is 11.4. The summed E-state index contributed by atoms with van der Waals surface area (Å²) in [5, 5.41) is 2.22. The molecule has 0 heterocycles. The fraction of sp³-hybridized carbons (Fsp3) is 0.800. The van der Waals surface area contributed by atoms with Gasteiger partial charge in [0.2, 0.25) is 0 Å². The summed E-state index contributed by atoms with van der Waals surface area (Å²) in [6, 6.07) is -0.535. The number of aliphatic imine (C=N–C) groups is 1. The molecule has 0 radical (unpaired) electrons. The summed E-state index contributed by atoms with van der Waals surface area (Å²) >= 11 is 4.48. The quantitative estimate of drug-likeness (QED) is 0.412. The van der Waals surface area contributed by atoms with E-state index < -0.39 is 11.6 Å². The van der Waals surface area contributed by atoms with Gasteiger partial charge in [0.05, 0.1) is 5.16 Å². The second-order valence-electron chi connectivity index (χ2n) is 4.44. The first-order valence-electron chi connectivity index (χ1n) is 4.58. The predicted octanol–water partition coefficient (Wildman–Crippen LogP) is 2.46. The first kappa shape index (κ1) is 13.3. The van der Waals surface area contributed by atoms with Crippen molar-refractivity contribution >= 4 is 23.3 Å². The number of thiocarbonyl (C=S) groups is 1. The van der Waals surface area contributed by atoms with Gasteiger partial charge in [-0.2, -0.15) is 0 Å². The minimum atomic E-state index is -0.535. The molecule has 0 aromatic rings. The van der Waals surface area contributed by atoms with E-state index in [0.29, 0.717) is 0 Å². The molecule has 0 aromatic carbocycles. The van der Waals surface area contributed by atoms with E-state index in [0.717, 1.165) is 0 Å². The Morgan fingerprint density at radius 1 is 1.43 bits per heavy atom. The molecule has 0 rings (SSSR count). The summed E-state index contributed by atoms with van der Waals surface area (Å²) in [6.45, 7) is 9.26. The number of ether oxygens (including phenoxy) is 1. The fourth-order valence-electron chi connectivity index (χ4n) is 0.893. The third kappa shape index (κ3) is 5.10. The van der Waals surface area contributed by atoms with Gasteiger partial charge in [0.25, 0.3) is 0 Å².